The monoisotopic (exact) mass is 726 g/mol. The number of hydrogen-bond acceptors (Lipinski definition) is 2. The van der Waals surface area contributed by atoms with Crippen molar-refractivity contribution in [2.75, 3.05) is 4.90 Å². The smallest absolute Gasteiger partial charge is 0.152 e. The minimum Gasteiger partial charge on any atom is -0.453 e. The first-order valence-corrected chi connectivity index (χ1v) is 19.5. The lowest BCUT2D eigenvalue weighted by Gasteiger charge is -2.28. The van der Waals surface area contributed by atoms with Gasteiger partial charge < -0.3 is 14.2 Å². The summed E-state index contributed by atoms with van der Waals surface area (Å²) < 4.78 is 8.78. The van der Waals surface area contributed by atoms with E-state index in [1.807, 2.05) is 12.1 Å². The summed E-state index contributed by atoms with van der Waals surface area (Å²) in [7, 11) is 0. The molecule has 0 fully saturated rings. The fourth-order valence-electron chi connectivity index (χ4n) is 9.04. The minimum atomic E-state index is 0.870. The molecule has 1 aliphatic heterocycles. The lowest BCUT2D eigenvalue weighted by Crippen LogP contribution is -2.11. The number of nitrogens with zero attached hydrogens (tertiary/aromatic N) is 2. The SMILES string of the molecule is c1ccc2c(c1)Oc1cccc3c4cc(-c5ccccc5N(c5ccc(-c6ccc7ccccc7c6)cc5)c5ccc6c(ccc7ccccc76)c5)ccc4n-2c13. The molecule has 0 saturated carbocycles. The van der Waals surface area contributed by atoms with Crippen molar-refractivity contribution in [2.45, 2.75) is 0 Å². The van der Waals surface area contributed by atoms with Crippen molar-refractivity contribution in [1.82, 2.24) is 4.57 Å². The number of anilines is 3. The highest BCUT2D eigenvalue weighted by Crippen LogP contribution is 2.48. The Balaban J connectivity index is 1.04. The quantitative estimate of drug-likeness (QED) is 0.164. The van der Waals surface area contributed by atoms with Crippen molar-refractivity contribution in [3.05, 3.63) is 206 Å². The van der Waals surface area contributed by atoms with Gasteiger partial charge in [0.2, 0.25) is 0 Å². The van der Waals surface area contributed by atoms with Crippen LogP contribution in [0.3, 0.4) is 0 Å². The Morgan fingerprint density at radius 3 is 1.96 bits per heavy atom. The molecule has 0 unspecified atom stereocenters. The number of ether oxygens (including phenoxy) is 1. The largest absolute Gasteiger partial charge is 0.453 e. The molecule has 12 rings (SSSR count). The van der Waals surface area contributed by atoms with Crippen LogP contribution in [0, 0.1) is 0 Å². The third-order valence-corrected chi connectivity index (χ3v) is 11.7. The van der Waals surface area contributed by atoms with Crippen molar-refractivity contribution in [2.24, 2.45) is 0 Å². The highest BCUT2D eigenvalue weighted by Gasteiger charge is 2.24. The Hall–Kier alpha value is -7.62. The molecule has 0 spiro atoms. The standard InChI is InChI=1S/C54H34N2O/c1-2-12-38-32-39(22-20-35(38)10-1)36-24-27-42(28-25-36)55(43-29-30-45-40(33-43)23-21-37-11-3-4-13-44(37)45)49-16-6-5-14-46(49)41-26-31-50-48(34-41)47-15-9-19-53-54(47)56(50)51-17-7-8-18-52(51)57-53/h1-34H. The molecular weight excluding hydrogens is 693 g/mol. The van der Waals surface area contributed by atoms with Gasteiger partial charge in [-0.15, -0.1) is 0 Å². The molecule has 0 saturated heterocycles. The van der Waals surface area contributed by atoms with Crippen molar-refractivity contribution in [3.63, 3.8) is 0 Å². The molecule has 11 aromatic rings. The minimum absolute atomic E-state index is 0.870. The van der Waals surface area contributed by atoms with E-state index in [1.165, 1.54) is 54.2 Å². The Labute approximate surface area is 329 Å². The average Bonchev–Trinajstić information content (AvgIpc) is 3.61. The van der Waals surface area contributed by atoms with Crippen molar-refractivity contribution in [1.29, 1.82) is 0 Å². The molecule has 0 atom stereocenters. The Morgan fingerprint density at radius 1 is 0.368 bits per heavy atom. The van der Waals surface area contributed by atoms with E-state index in [0.29, 0.717) is 0 Å². The van der Waals surface area contributed by atoms with E-state index in [-0.39, 0.29) is 0 Å². The van der Waals surface area contributed by atoms with Crippen molar-refractivity contribution < 1.29 is 4.74 Å². The second-order valence-corrected chi connectivity index (χ2v) is 14.9. The van der Waals surface area contributed by atoms with Gasteiger partial charge in [-0.25, -0.2) is 0 Å². The van der Waals surface area contributed by atoms with E-state index < -0.39 is 0 Å². The van der Waals surface area contributed by atoms with Gasteiger partial charge >= 0.3 is 0 Å². The van der Waals surface area contributed by atoms with Crippen LogP contribution in [0.1, 0.15) is 0 Å². The zero-order chi connectivity index (χ0) is 37.5. The molecule has 0 N–H and O–H groups in total. The van der Waals surface area contributed by atoms with Gasteiger partial charge in [0.05, 0.1) is 22.4 Å². The molecule has 2 heterocycles. The third kappa shape index (κ3) is 4.99. The van der Waals surface area contributed by atoms with Gasteiger partial charge in [0, 0.05) is 27.7 Å². The Bertz CT molecular complexity index is 3390. The molecule has 0 radical (unpaired) electrons. The van der Waals surface area contributed by atoms with Crippen LogP contribution in [-0.2, 0) is 0 Å². The predicted octanol–water partition coefficient (Wildman–Crippen LogP) is 15.2. The first kappa shape index (κ1) is 31.7. The lowest BCUT2D eigenvalue weighted by molar-refractivity contribution is 0.476. The van der Waals surface area contributed by atoms with E-state index in [1.54, 1.807) is 0 Å². The molecule has 3 nitrogen and oxygen atoms in total. The number of benzene rings is 10. The van der Waals surface area contributed by atoms with Crippen LogP contribution in [0.25, 0.3) is 82.1 Å². The van der Waals surface area contributed by atoms with Crippen molar-refractivity contribution in [3.8, 4) is 39.4 Å². The van der Waals surface area contributed by atoms with E-state index >= 15 is 0 Å². The number of para-hydroxylation sites is 4. The van der Waals surface area contributed by atoms with Gasteiger partial charge in [0.25, 0.3) is 0 Å². The second-order valence-electron chi connectivity index (χ2n) is 14.9. The zero-order valence-corrected chi connectivity index (χ0v) is 30.9. The number of hydrogen-bond donors (Lipinski definition) is 0. The maximum atomic E-state index is 6.42. The van der Waals surface area contributed by atoms with Gasteiger partial charge in [-0.2, -0.15) is 0 Å². The fourth-order valence-corrected chi connectivity index (χ4v) is 9.04. The van der Waals surface area contributed by atoms with Gasteiger partial charge in [0.1, 0.15) is 0 Å². The van der Waals surface area contributed by atoms with Crippen LogP contribution >= 0.6 is 0 Å². The van der Waals surface area contributed by atoms with Crippen LogP contribution in [0.4, 0.5) is 17.1 Å². The highest BCUT2D eigenvalue weighted by molar-refractivity contribution is 6.14. The van der Waals surface area contributed by atoms with E-state index in [0.717, 1.165) is 56.4 Å². The topological polar surface area (TPSA) is 17.4 Å². The van der Waals surface area contributed by atoms with E-state index in [4.69, 9.17) is 4.74 Å². The molecule has 266 valence electrons. The summed E-state index contributed by atoms with van der Waals surface area (Å²) >= 11 is 0. The number of rotatable bonds is 5. The first-order chi connectivity index (χ1) is 28.2. The summed E-state index contributed by atoms with van der Waals surface area (Å²) in [6, 6.07) is 74.7. The van der Waals surface area contributed by atoms with Crippen LogP contribution in [-0.4, -0.2) is 4.57 Å². The molecule has 3 heteroatoms. The van der Waals surface area contributed by atoms with Crippen LogP contribution in [0.15, 0.2) is 206 Å². The summed E-state index contributed by atoms with van der Waals surface area (Å²) in [5, 5.41) is 9.84. The zero-order valence-electron chi connectivity index (χ0n) is 30.9. The van der Waals surface area contributed by atoms with E-state index in [2.05, 4.69) is 204 Å². The summed E-state index contributed by atoms with van der Waals surface area (Å²) in [6.07, 6.45) is 0. The summed E-state index contributed by atoms with van der Waals surface area (Å²) in [6.45, 7) is 0. The average molecular weight is 727 g/mol. The Kier molecular flexibility index (Phi) is 6.93. The molecule has 0 amide bonds. The van der Waals surface area contributed by atoms with Crippen LogP contribution < -0.4 is 9.64 Å². The molecule has 10 aromatic carbocycles. The molecular formula is C54H34N2O. The fraction of sp³-hybridized carbons (Fsp3) is 0. The maximum Gasteiger partial charge on any atom is 0.152 e. The molecule has 1 aliphatic rings. The predicted molar refractivity (Wildman–Crippen MR) is 239 cm³/mol. The summed E-state index contributed by atoms with van der Waals surface area (Å²) in [4.78, 5) is 2.41. The Morgan fingerprint density at radius 2 is 1.04 bits per heavy atom. The number of aromatic nitrogens is 1. The first-order valence-electron chi connectivity index (χ1n) is 19.5. The maximum absolute atomic E-state index is 6.42. The van der Waals surface area contributed by atoms with Gasteiger partial charge in [-0.3, -0.25) is 0 Å². The second kappa shape index (κ2) is 12.5. The lowest BCUT2D eigenvalue weighted by atomic mass is 9.98. The molecule has 0 aliphatic carbocycles. The van der Waals surface area contributed by atoms with Gasteiger partial charge in [0.15, 0.2) is 11.5 Å². The molecule has 1 aromatic heterocycles. The van der Waals surface area contributed by atoms with Crippen LogP contribution in [0.2, 0.25) is 0 Å². The van der Waals surface area contributed by atoms with Crippen molar-refractivity contribution >= 4 is 71.2 Å². The van der Waals surface area contributed by atoms with Gasteiger partial charge in [-0.1, -0.05) is 140 Å². The highest BCUT2D eigenvalue weighted by atomic mass is 16.5. The normalized spacial score (nSPS) is 12.0. The number of fused-ring (bicyclic) bond motifs is 9. The summed E-state index contributed by atoms with van der Waals surface area (Å²) in [5.41, 5.74) is 11.3. The molecule has 57 heavy (non-hydrogen) atoms. The van der Waals surface area contributed by atoms with Crippen LogP contribution in [0.5, 0.6) is 11.5 Å². The van der Waals surface area contributed by atoms with Gasteiger partial charge in [-0.05, 0) is 116 Å². The molecule has 0 bridgehead atoms. The summed E-state index contributed by atoms with van der Waals surface area (Å²) in [5.74, 6) is 1.75. The van der Waals surface area contributed by atoms with E-state index in [9.17, 15) is 0 Å². The third-order valence-electron chi connectivity index (χ3n) is 11.7.